The summed E-state index contributed by atoms with van der Waals surface area (Å²) in [5.74, 6) is -1.85. The third-order valence-corrected chi connectivity index (χ3v) is 6.81. The predicted octanol–water partition coefficient (Wildman–Crippen LogP) is 1.21. The minimum Gasteiger partial charge on any atom is -0.492 e. The SMILES string of the molecule is Cn1c(N2CCN(CCOc3ccc4oc(-c5ccccc5)cc(=O)c4c3)CC2)cc(=O)n(C)c1=O.O=C(O)C(=O)O. The standard InChI is InChI=1S/C27H28N4O5.C2H2O4/c1-28-25(18-26(33)29(2)27(28)34)31-12-10-30(11-13-31)14-15-35-20-8-9-23-21(16-20)22(32)17-24(36-23)19-6-4-3-5-7-19;3-1(4)2(5)6/h3-9,16-18H,10-15H2,1-2H3;(H,3,4)(H,5,6). The Balaban J connectivity index is 0.000000612. The molecular formula is C29H30N4O9. The van der Waals surface area contributed by atoms with Crippen molar-refractivity contribution >= 4 is 28.7 Å². The first-order chi connectivity index (χ1) is 20.0. The number of piperazine rings is 1. The first-order valence-corrected chi connectivity index (χ1v) is 13.0. The van der Waals surface area contributed by atoms with Gasteiger partial charge in [-0.3, -0.25) is 23.6 Å². The molecule has 0 bridgehead atoms. The topological polar surface area (TPSA) is 165 Å². The van der Waals surface area contributed by atoms with Gasteiger partial charge in [-0.2, -0.15) is 0 Å². The number of carboxylic acids is 2. The minimum atomic E-state index is -1.82. The molecule has 13 heteroatoms. The number of hydrogen-bond acceptors (Lipinski definition) is 9. The first-order valence-electron chi connectivity index (χ1n) is 13.0. The van der Waals surface area contributed by atoms with Gasteiger partial charge >= 0.3 is 17.6 Å². The highest BCUT2D eigenvalue weighted by Gasteiger charge is 2.20. The Kier molecular flexibility index (Phi) is 9.22. The van der Waals surface area contributed by atoms with Crippen LogP contribution in [0.25, 0.3) is 22.3 Å². The van der Waals surface area contributed by atoms with Crippen LogP contribution >= 0.6 is 0 Å². The number of rotatable bonds is 6. The van der Waals surface area contributed by atoms with Gasteiger partial charge in [0.25, 0.3) is 5.56 Å². The van der Waals surface area contributed by atoms with Crippen LogP contribution in [0.15, 0.2) is 79.5 Å². The van der Waals surface area contributed by atoms with E-state index in [2.05, 4.69) is 9.80 Å². The van der Waals surface area contributed by atoms with Crippen molar-refractivity contribution in [2.45, 2.75) is 0 Å². The van der Waals surface area contributed by atoms with E-state index in [-0.39, 0.29) is 16.7 Å². The molecule has 0 atom stereocenters. The fourth-order valence-electron chi connectivity index (χ4n) is 4.49. The number of aliphatic carboxylic acids is 2. The van der Waals surface area contributed by atoms with Gasteiger partial charge in [-0.15, -0.1) is 0 Å². The third kappa shape index (κ3) is 6.93. The smallest absolute Gasteiger partial charge is 0.414 e. The number of anilines is 1. The third-order valence-electron chi connectivity index (χ3n) is 6.81. The summed E-state index contributed by atoms with van der Waals surface area (Å²) in [4.78, 5) is 59.5. The summed E-state index contributed by atoms with van der Waals surface area (Å²) < 4.78 is 14.5. The number of fused-ring (bicyclic) bond motifs is 1. The lowest BCUT2D eigenvalue weighted by atomic mass is 10.1. The van der Waals surface area contributed by atoms with E-state index in [4.69, 9.17) is 29.0 Å². The molecule has 42 heavy (non-hydrogen) atoms. The number of nitrogens with zero attached hydrogens (tertiary/aromatic N) is 4. The Bertz CT molecular complexity index is 1760. The van der Waals surface area contributed by atoms with Crippen molar-refractivity contribution in [3.05, 3.63) is 91.7 Å². The van der Waals surface area contributed by atoms with Crippen molar-refractivity contribution in [1.82, 2.24) is 14.0 Å². The molecule has 4 aromatic rings. The number of carboxylic acid groups (broad SMARTS) is 2. The molecule has 3 heterocycles. The van der Waals surface area contributed by atoms with Gasteiger partial charge in [0, 0.05) is 64.5 Å². The van der Waals surface area contributed by atoms with Crippen LogP contribution in [0.2, 0.25) is 0 Å². The van der Waals surface area contributed by atoms with Crippen LogP contribution in [0.1, 0.15) is 0 Å². The molecule has 0 amide bonds. The van der Waals surface area contributed by atoms with Crippen LogP contribution in [-0.4, -0.2) is 75.5 Å². The fraction of sp³-hybridized carbons (Fsp3) is 0.276. The summed E-state index contributed by atoms with van der Waals surface area (Å²) in [6.07, 6.45) is 0. The van der Waals surface area contributed by atoms with E-state index in [0.717, 1.165) is 29.8 Å². The summed E-state index contributed by atoms with van der Waals surface area (Å²) in [6, 6.07) is 17.9. The number of hydrogen-bond donors (Lipinski definition) is 2. The molecule has 0 radical (unpaired) electrons. The van der Waals surface area contributed by atoms with Crippen molar-refractivity contribution in [2.75, 3.05) is 44.2 Å². The molecule has 0 spiro atoms. The Morgan fingerprint density at radius 2 is 1.52 bits per heavy atom. The Labute approximate surface area is 239 Å². The molecule has 1 fully saturated rings. The van der Waals surface area contributed by atoms with E-state index in [1.54, 1.807) is 19.2 Å². The van der Waals surface area contributed by atoms with Crippen molar-refractivity contribution in [3.8, 4) is 17.1 Å². The van der Waals surface area contributed by atoms with Gasteiger partial charge in [-0.05, 0) is 18.2 Å². The average Bonchev–Trinajstić information content (AvgIpc) is 2.99. The van der Waals surface area contributed by atoms with E-state index in [1.165, 1.54) is 23.7 Å². The molecule has 1 aliphatic heterocycles. The lowest BCUT2D eigenvalue weighted by Crippen LogP contribution is -2.50. The molecule has 13 nitrogen and oxygen atoms in total. The number of benzene rings is 2. The zero-order valence-electron chi connectivity index (χ0n) is 23.1. The Morgan fingerprint density at radius 1 is 0.857 bits per heavy atom. The Hall–Kier alpha value is -5.17. The lowest BCUT2D eigenvalue weighted by molar-refractivity contribution is -0.159. The fourth-order valence-corrected chi connectivity index (χ4v) is 4.49. The number of carbonyl (C=O) groups is 2. The molecule has 0 unspecified atom stereocenters. The molecule has 0 aliphatic carbocycles. The van der Waals surface area contributed by atoms with Crippen molar-refractivity contribution in [1.29, 1.82) is 0 Å². The van der Waals surface area contributed by atoms with Crippen molar-refractivity contribution in [2.24, 2.45) is 14.1 Å². The maximum atomic E-state index is 12.7. The van der Waals surface area contributed by atoms with Crippen LogP contribution in [0, 0.1) is 0 Å². The minimum absolute atomic E-state index is 0.109. The molecule has 220 valence electrons. The van der Waals surface area contributed by atoms with Gasteiger partial charge in [0.05, 0.1) is 5.39 Å². The second kappa shape index (κ2) is 13.0. The molecule has 1 aliphatic rings. The van der Waals surface area contributed by atoms with Gasteiger partial charge in [-0.25, -0.2) is 14.4 Å². The monoisotopic (exact) mass is 578 g/mol. The maximum absolute atomic E-state index is 12.7. The molecule has 5 rings (SSSR count). The summed E-state index contributed by atoms with van der Waals surface area (Å²) in [7, 11) is 3.17. The summed E-state index contributed by atoms with van der Waals surface area (Å²) >= 11 is 0. The van der Waals surface area contributed by atoms with E-state index in [1.807, 2.05) is 36.4 Å². The highest BCUT2D eigenvalue weighted by Crippen LogP contribution is 2.24. The molecular weight excluding hydrogens is 548 g/mol. The van der Waals surface area contributed by atoms with Gasteiger partial charge in [0.15, 0.2) is 5.43 Å². The quantitative estimate of drug-likeness (QED) is 0.316. The van der Waals surface area contributed by atoms with Crippen molar-refractivity contribution in [3.63, 3.8) is 0 Å². The number of aromatic nitrogens is 2. The van der Waals surface area contributed by atoms with E-state index < -0.39 is 11.9 Å². The zero-order chi connectivity index (χ0) is 30.4. The van der Waals surface area contributed by atoms with Gasteiger partial charge in [-0.1, -0.05) is 30.3 Å². The van der Waals surface area contributed by atoms with Gasteiger partial charge in [0.1, 0.15) is 29.5 Å². The summed E-state index contributed by atoms with van der Waals surface area (Å²) in [5.41, 5.74) is 0.643. The van der Waals surface area contributed by atoms with Crippen molar-refractivity contribution < 1.29 is 29.0 Å². The van der Waals surface area contributed by atoms with E-state index in [0.29, 0.717) is 48.0 Å². The molecule has 2 aromatic heterocycles. The van der Waals surface area contributed by atoms with E-state index in [9.17, 15) is 14.4 Å². The highest BCUT2D eigenvalue weighted by atomic mass is 16.5. The Morgan fingerprint density at radius 3 is 2.17 bits per heavy atom. The molecule has 2 N–H and O–H groups in total. The van der Waals surface area contributed by atoms with Gasteiger partial charge in [0.2, 0.25) is 0 Å². The summed E-state index contributed by atoms with van der Waals surface area (Å²) in [6.45, 7) is 4.20. The van der Waals surface area contributed by atoms with Crippen LogP contribution in [0.3, 0.4) is 0 Å². The molecule has 2 aromatic carbocycles. The highest BCUT2D eigenvalue weighted by molar-refractivity contribution is 6.27. The van der Waals surface area contributed by atoms with Crippen LogP contribution in [-0.2, 0) is 23.7 Å². The second-order valence-electron chi connectivity index (χ2n) is 9.53. The zero-order valence-corrected chi connectivity index (χ0v) is 23.1. The summed E-state index contributed by atoms with van der Waals surface area (Å²) in [5, 5.41) is 15.3. The maximum Gasteiger partial charge on any atom is 0.414 e. The average molecular weight is 579 g/mol. The van der Waals surface area contributed by atoms with Crippen LogP contribution in [0.4, 0.5) is 5.82 Å². The van der Waals surface area contributed by atoms with E-state index >= 15 is 0 Å². The van der Waals surface area contributed by atoms with Crippen LogP contribution in [0.5, 0.6) is 5.75 Å². The van der Waals surface area contributed by atoms with Gasteiger partial charge < -0.3 is 24.3 Å². The number of ether oxygens (including phenoxy) is 1. The normalized spacial score (nSPS) is 13.3. The lowest BCUT2D eigenvalue weighted by Gasteiger charge is -2.36. The van der Waals surface area contributed by atoms with Crippen LogP contribution < -0.4 is 26.3 Å². The molecule has 0 saturated carbocycles. The largest absolute Gasteiger partial charge is 0.492 e. The first kappa shape index (κ1) is 29.8. The predicted molar refractivity (Wildman–Crippen MR) is 154 cm³/mol. The molecule has 1 saturated heterocycles. The second-order valence-corrected chi connectivity index (χ2v) is 9.53.